The van der Waals surface area contributed by atoms with E-state index in [0.29, 0.717) is 6.54 Å². The van der Waals surface area contributed by atoms with Gasteiger partial charge >= 0.3 is 7.12 Å². The molecule has 0 unspecified atom stereocenters. The fourth-order valence-corrected chi connectivity index (χ4v) is 2.45. The summed E-state index contributed by atoms with van der Waals surface area (Å²) >= 11 is 0. The van der Waals surface area contributed by atoms with Gasteiger partial charge in [0.2, 0.25) is 0 Å². The van der Waals surface area contributed by atoms with E-state index in [4.69, 9.17) is 9.31 Å². The number of hydrogen-bond acceptors (Lipinski definition) is 4. The summed E-state index contributed by atoms with van der Waals surface area (Å²) in [6, 6.07) is 4.12. The zero-order valence-electron chi connectivity index (χ0n) is 14.8. The van der Waals surface area contributed by atoms with Gasteiger partial charge in [0.25, 0.3) is 0 Å². The van der Waals surface area contributed by atoms with E-state index in [1.165, 1.54) is 0 Å². The van der Waals surface area contributed by atoms with Gasteiger partial charge < -0.3 is 14.6 Å². The van der Waals surface area contributed by atoms with Crippen LogP contribution in [-0.2, 0) is 9.31 Å². The number of rotatable bonds is 4. The largest absolute Gasteiger partial charge is 0.491 e. The topological polar surface area (TPSA) is 43.4 Å². The normalized spacial score (nSPS) is 20.5. The zero-order valence-corrected chi connectivity index (χ0v) is 14.8. The summed E-state index contributed by atoms with van der Waals surface area (Å²) in [6.07, 6.45) is 2.13. The van der Waals surface area contributed by atoms with Crippen LogP contribution >= 0.6 is 0 Å². The van der Waals surface area contributed by atoms with Crippen LogP contribution in [0.3, 0.4) is 0 Å². The molecule has 1 N–H and O–H groups in total. The first-order valence-electron chi connectivity index (χ1n) is 7.81. The molecule has 0 radical (unpaired) electrons. The number of aryl methyl sites for hydroxylation is 2. The monoisotopic (exact) mass is 302 g/mol. The molecule has 22 heavy (non-hydrogen) atoms. The Hall–Kier alpha value is -1.17. The average Bonchev–Trinajstić information content (AvgIpc) is 2.61. The lowest BCUT2D eigenvalue weighted by molar-refractivity contribution is 0.00578. The smallest absolute Gasteiger partial charge is 0.400 e. The van der Waals surface area contributed by atoms with E-state index in [9.17, 15) is 0 Å². The lowest BCUT2D eigenvalue weighted by Gasteiger charge is -2.32. The zero-order chi connectivity index (χ0) is 16.5. The first kappa shape index (κ1) is 17.2. The minimum atomic E-state index is -0.335. The highest BCUT2D eigenvalue weighted by Gasteiger charge is 2.52. The summed E-state index contributed by atoms with van der Waals surface area (Å²) in [5, 5.41) is 3.20. The molecule has 2 rings (SSSR count). The SMILES string of the molecule is CNCC(=Cc1ccc(C)nc1C)B1OC(C)(C)C(C)(C)O1. The highest BCUT2D eigenvalue weighted by molar-refractivity contribution is 6.55. The van der Waals surface area contributed by atoms with E-state index in [0.717, 1.165) is 22.4 Å². The van der Waals surface area contributed by atoms with Crippen LogP contribution in [0.15, 0.2) is 17.6 Å². The van der Waals surface area contributed by atoms with Gasteiger partial charge in [-0.25, -0.2) is 0 Å². The fourth-order valence-electron chi connectivity index (χ4n) is 2.45. The maximum absolute atomic E-state index is 6.16. The molecule has 1 saturated heterocycles. The molecular formula is C17H27BN2O2. The maximum Gasteiger partial charge on any atom is 0.491 e. The fraction of sp³-hybridized carbons (Fsp3) is 0.588. The molecule has 1 aliphatic rings. The van der Waals surface area contributed by atoms with Crippen molar-refractivity contribution >= 4 is 13.2 Å². The van der Waals surface area contributed by atoms with Crippen LogP contribution in [0.5, 0.6) is 0 Å². The van der Waals surface area contributed by atoms with Gasteiger partial charge in [-0.15, -0.1) is 0 Å². The van der Waals surface area contributed by atoms with Gasteiger partial charge in [-0.3, -0.25) is 4.98 Å². The Bertz CT molecular complexity index is 566. The number of aromatic nitrogens is 1. The van der Waals surface area contributed by atoms with Crippen molar-refractivity contribution in [2.24, 2.45) is 0 Å². The summed E-state index contributed by atoms with van der Waals surface area (Å²) < 4.78 is 12.3. The number of pyridine rings is 1. The summed E-state index contributed by atoms with van der Waals surface area (Å²) in [5.74, 6) is 0. The molecule has 1 aromatic rings. The van der Waals surface area contributed by atoms with Crippen molar-refractivity contribution in [3.63, 3.8) is 0 Å². The number of nitrogens with one attached hydrogen (secondary N) is 1. The van der Waals surface area contributed by atoms with Crippen LogP contribution in [0.1, 0.15) is 44.6 Å². The molecule has 120 valence electrons. The van der Waals surface area contributed by atoms with Gasteiger partial charge in [0.05, 0.1) is 11.2 Å². The van der Waals surface area contributed by atoms with Crippen molar-refractivity contribution in [2.75, 3.05) is 13.6 Å². The van der Waals surface area contributed by atoms with E-state index < -0.39 is 0 Å². The van der Waals surface area contributed by atoms with Crippen molar-refractivity contribution in [1.82, 2.24) is 10.3 Å². The van der Waals surface area contributed by atoms with Gasteiger partial charge in [0.15, 0.2) is 0 Å². The molecule has 5 heteroatoms. The van der Waals surface area contributed by atoms with Crippen LogP contribution in [0.2, 0.25) is 0 Å². The molecule has 0 spiro atoms. The van der Waals surface area contributed by atoms with Crippen molar-refractivity contribution in [2.45, 2.75) is 52.7 Å². The second-order valence-corrected chi connectivity index (χ2v) is 6.97. The predicted molar refractivity (Wildman–Crippen MR) is 91.7 cm³/mol. The molecular weight excluding hydrogens is 275 g/mol. The van der Waals surface area contributed by atoms with Gasteiger partial charge in [0.1, 0.15) is 0 Å². The van der Waals surface area contributed by atoms with E-state index in [1.807, 2.05) is 27.0 Å². The number of likely N-dealkylation sites (N-methyl/N-ethyl adjacent to an activating group) is 1. The molecule has 0 atom stereocenters. The average molecular weight is 302 g/mol. The van der Waals surface area contributed by atoms with Gasteiger partial charge in [-0.2, -0.15) is 0 Å². The minimum absolute atomic E-state index is 0.328. The minimum Gasteiger partial charge on any atom is -0.400 e. The Balaban J connectivity index is 2.33. The van der Waals surface area contributed by atoms with Crippen molar-refractivity contribution < 1.29 is 9.31 Å². The molecule has 4 nitrogen and oxygen atoms in total. The third-order valence-corrected chi connectivity index (χ3v) is 4.54. The first-order chi connectivity index (χ1) is 10.2. The third kappa shape index (κ3) is 3.42. The number of hydrogen-bond donors (Lipinski definition) is 1. The standard InChI is InChI=1S/C17H27BN2O2/c1-12-8-9-14(13(2)20-12)10-15(11-19-7)18-21-16(3,4)17(5,6)22-18/h8-10,19H,11H2,1-7H3. The van der Waals surface area contributed by atoms with Gasteiger partial charge in [-0.05, 0) is 65.7 Å². The van der Waals surface area contributed by atoms with Crippen LogP contribution < -0.4 is 5.32 Å². The predicted octanol–water partition coefficient (Wildman–Crippen LogP) is 2.93. The molecule has 2 heterocycles. The van der Waals surface area contributed by atoms with Crippen LogP contribution in [0.4, 0.5) is 0 Å². The second kappa shape index (κ2) is 6.15. The molecule has 0 saturated carbocycles. The number of nitrogens with zero attached hydrogens (tertiary/aromatic N) is 1. The second-order valence-electron chi connectivity index (χ2n) is 6.97. The van der Waals surface area contributed by atoms with Gasteiger partial charge in [-0.1, -0.05) is 12.1 Å². The molecule has 0 amide bonds. The quantitative estimate of drug-likeness (QED) is 0.869. The highest BCUT2D eigenvalue weighted by atomic mass is 16.7. The van der Waals surface area contributed by atoms with Crippen LogP contribution in [0.25, 0.3) is 6.08 Å². The molecule has 0 aliphatic carbocycles. The molecule has 1 aromatic heterocycles. The van der Waals surface area contributed by atoms with Crippen molar-refractivity contribution in [1.29, 1.82) is 0 Å². The Morgan fingerprint density at radius 1 is 1.18 bits per heavy atom. The summed E-state index contributed by atoms with van der Waals surface area (Å²) in [4.78, 5) is 4.52. The van der Waals surface area contributed by atoms with Gasteiger partial charge in [0, 0.05) is 17.9 Å². The lowest BCUT2D eigenvalue weighted by atomic mass is 9.77. The summed E-state index contributed by atoms with van der Waals surface area (Å²) in [5.41, 5.74) is 3.57. The Labute approximate surface area is 134 Å². The summed E-state index contributed by atoms with van der Waals surface area (Å²) in [6.45, 7) is 13.0. The Kier molecular flexibility index (Phi) is 4.80. The highest BCUT2D eigenvalue weighted by Crippen LogP contribution is 2.38. The third-order valence-electron chi connectivity index (χ3n) is 4.54. The Morgan fingerprint density at radius 3 is 2.27 bits per heavy atom. The van der Waals surface area contributed by atoms with E-state index in [-0.39, 0.29) is 18.3 Å². The molecule has 1 fully saturated rings. The Morgan fingerprint density at radius 2 is 1.77 bits per heavy atom. The van der Waals surface area contributed by atoms with E-state index in [1.54, 1.807) is 0 Å². The lowest BCUT2D eigenvalue weighted by Crippen LogP contribution is -2.41. The van der Waals surface area contributed by atoms with E-state index >= 15 is 0 Å². The van der Waals surface area contributed by atoms with Crippen LogP contribution in [-0.4, -0.2) is 36.9 Å². The van der Waals surface area contributed by atoms with Crippen LogP contribution in [0, 0.1) is 13.8 Å². The molecule has 1 aliphatic heterocycles. The van der Waals surface area contributed by atoms with Crippen molar-refractivity contribution in [3.05, 3.63) is 34.6 Å². The first-order valence-corrected chi connectivity index (χ1v) is 7.81. The summed E-state index contributed by atoms with van der Waals surface area (Å²) in [7, 11) is 1.59. The van der Waals surface area contributed by atoms with Crippen molar-refractivity contribution in [3.8, 4) is 0 Å². The molecule has 0 aromatic carbocycles. The molecule has 0 bridgehead atoms. The maximum atomic E-state index is 6.16. The van der Waals surface area contributed by atoms with E-state index in [2.05, 4.69) is 50.1 Å².